The van der Waals surface area contributed by atoms with Gasteiger partial charge in [0.2, 0.25) is 0 Å². The number of carbonyl (C=O) groups excluding carboxylic acids is 1. The molecule has 0 aromatic heterocycles. The van der Waals surface area contributed by atoms with Crippen LogP contribution in [0.4, 0.5) is 0 Å². The average molecular weight is 148 g/mol. The fourth-order valence-corrected chi connectivity index (χ4v) is 0.478. The SMILES string of the molecule is C=C(C)CC#C/C(C)=C/C=O. The molecule has 0 saturated carbocycles. The number of carbonyl (C=O) groups is 1. The number of hydrogen-bond donors (Lipinski definition) is 0. The molecule has 0 rings (SSSR count). The quantitative estimate of drug-likeness (QED) is 0.254. The first-order valence-corrected chi connectivity index (χ1v) is 3.42. The van der Waals surface area contributed by atoms with Crippen molar-refractivity contribution in [2.45, 2.75) is 20.3 Å². The van der Waals surface area contributed by atoms with Crippen LogP contribution in [0.2, 0.25) is 0 Å². The third-order valence-corrected chi connectivity index (χ3v) is 0.994. The fraction of sp³-hybridized carbons (Fsp3) is 0.300. The van der Waals surface area contributed by atoms with Gasteiger partial charge in [0.15, 0.2) is 0 Å². The lowest BCUT2D eigenvalue weighted by molar-refractivity contribution is -0.104. The summed E-state index contributed by atoms with van der Waals surface area (Å²) in [5.41, 5.74) is 1.83. The van der Waals surface area contributed by atoms with Gasteiger partial charge in [-0.2, -0.15) is 0 Å². The summed E-state index contributed by atoms with van der Waals surface area (Å²) in [6.45, 7) is 7.44. The van der Waals surface area contributed by atoms with Crippen molar-refractivity contribution in [1.82, 2.24) is 0 Å². The van der Waals surface area contributed by atoms with Crippen LogP contribution in [0, 0.1) is 11.8 Å². The Morgan fingerprint density at radius 2 is 2.18 bits per heavy atom. The number of hydrogen-bond acceptors (Lipinski definition) is 1. The number of allylic oxidation sites excluding steroid dienone is 3. The molecule has 0 aliphatic carbocycles. The molecule has 1 heteroatoms. The van der Waals surface area contributed by atoms with Crippen molar-refractivity contribution in [1.29, 1.82) is 0 Å². The molecule has 0 aromatic rings. The second kappa shape index (κ2) is 5.49. The van der Waals surface area contributed by atoms with E-state index in [9.17, 15) is 4.79 Å². The highest BCUT2D eigenvalue weighted by Crippen LogP contribution is 1.93. The zero-order valence-electron chi connectivity index (χ0n) is 6.98. The molecule has 1 nitrogen and oxygen atoms in total. The van der Waals surface area contributed by atoms with Crippen LogP contribution in [0.5, 0.6) is 0 Å². The van der Waals surface area contributed by atoms with E-state index in [1.807, 2.05) is 6.92 Å². The highest BCUT2D eigenvalue weighted by Gasteiger charge is 1.79. The molecule has 0 bridgehead atoms. The Labute approximate surface area is 67.8 Å². The molecule has 0 amide bonds. The minimum Gasteiger partial charge on any atom is -0.299 e. The molecule has 0 N–H and O–H groups in total. The van der Waals surface area contributed by atoms with Crippen LogP contribution in [-0.2, 0) is 4.79 Å². The maximum absolute atomic E-state index is 9.95. The minimum absolute atomic E-state index is 0.698. The van der Waals surface area contributed by atoms with Crippen molar-refractivity contribution in [3.05, 3.63) is 23.8 Å². The Morgan fingerprint density at radius 1 is 1.55 bits per heavy atom. The van der Waals surface area contributed by atoms with E-state index < -0.39 is 0 Å². The monoisotopic (exact) mass is 148 g/mol. The Bertz CT molecular complexity index is 235. The van der Waals surface area contributed by atoms with Gasteiger partial charge in [-0.05, 0) is 19.9 Å². The molecule has 0 spiro atoms. The third-order valence-electron chi connectivity index (χ3n) is 0.994. The molecule has 11 heavy (non-hydrogen) atoms. The van der Waals surface area contributed by atoms with E-state index in [2.05, 4.69) is 18.4 Å². The Balaban J connectivity index is 3.97. The molecule has 58 valence electrons. The first kappa shape index (κ1) is 9.71. The molecule has 0 unspecified atom stereocenters. The molecule has 0 saturated heterocycles. The molecule has 0 heterocycles. The molecular weight excluding hydrogens is 136 g/mol. The maximum atomic E-state index is 9.95. The second-order valence-electron chi connectivity index (χ2n) is 2.42. The summed E-state index contributed by atoms with van der Waals surface area (Å²) in [6.07, 6.45) is 2.89. The van der Waals surface area contributed by atoms with Crippen molar-refractivity contribution in [3.8, 4) is 11.8 Å². The highest BCUT2D eigenvalue weighted by atomic mass is 16.1. The lowest BCUT2D eigenvalue weighted by atomic mass is 10.2. The van der Waals surface area contributed by atoms with Crippen LogP contribution in [0.25, 0.3) is 0 Å². The van der Waals surface area contributed by atoms with E-state index in [0.717, 1.165) is 17.4 Å². The predicted octanol–water partition coefficient (Wildman–Crippen LogP) is 2.10. The summed E-state index contributed by atoms with van der Waals surface area (Å²) in [4.78, 5) is 9.95. The summed E-state index contributed by atoms with van der Waals surface area (Å²) >= 11 is 0. The lowest BCUT2D eigenvalue weighted by Gasteiger charge is -1.84. The Morgan fingerprint density at radius 3 is 2.64 bits per heavy atom. The van der Waals surface area contributed by atoms with Crippen molar-refractivity contribution < 1.29 is 4.79 Å². The van der Waals surface area contributed by atoms with Gasteiger partial charge in [0.05, 0.1) is 0 Å². The van der Waals surface area contributed by atoms with Crippen LogP contribution in [0.15, 0.2) is 23.8 Å². The van der Waals surface area contributed by atoms with E-state index in [1.165, 1.54) is 6.08 Å². The topological polar surface area (TPSA) is 17.1 Å². The smallest absolute Gasteiger partial charge is 0.143 e. The second-order valence-corrected chi connectivity index (χ2v) is 2.42. The number of aldehydes is 1. The largest absolute Gasteiger partial charge is 0.299 e. The van der Waals surface area contributed by atoms with E-state index >= 15 is 0 Å². The van der Waals surface area contributed by atoms with Crippen LogP contribution < -0.4 is 0 Å². The maximum Gasteiger partial charge on any atom is 0.143 e. The van der Waals surface area contributed by atoms with E-state index in [-0.39, 0.29) is 0 Å². The van der Waals surface area contributed by atoms with Gasteiger partial charge < -0.3 is 0 Å². The van der Waals surface area contributed by atoms with Gasteiger partial charge in [-0.15, -0.1) is 0 Å². The fourth-order valence-electron chi connectivity index (χ4n) is 0.478. The molecular formula is C10H12O. The van der Waals surface area contributed by atoms with Crippen LogP contribution in [-0.4, -0.2) is 6.29 Å². The van der Waals surface area contributed by atoms with Gasteiger partial charge in [-0.3, -0.25) is 4.79 Å². The van der Waals surface area contributed by atoms with Gasteiger partial charge in [0, 0.05) is 12.0 Å². The average Bonchev–Trinajstić information content (AvgIpc) is 1.87. The zero-order chi connectivity index (χ0) is 8.69. The van der Waals surface area contributed by atoms with Crippen LogP contribution >= 0.6 is 0 Å². The van der Waals surface area contributed by atoms with Gasteiger partial charge in [0.1, 0.15) is 6.29 Å². The first-order valence-electron chi connectivity index (χ1n) is 3.42. The summed E-state index contributed by atoms with van der Waals surface area (Å²) < 4.78 is 0. The molecule has 0 atom stereocenters. The molecule has 0 fully saturated rings. The van der Waals surface area contributed by atoms with E-state index in [4.69, 9.17) is 0 Å². The summed E-state index contributed by atoms with van der Waals surface area (Å²) in [6, 6.07) is 0. The van der Waals surface area contributed by atoms with Crippen LogP contribution in [0.3, 0.4) is 0 Å². The first-order chi connectivity index (χ1) is 5.16. The molecule has 0 aliphatic rings. The Kier molecular flexibility index (Phi) is 4.85. The van der Waals surface area contributed by atoms with Gasteiger partial charge in [-0.25, -0.2) is 0 Å². The highest BCUT2D eigenvalue weighted by molar-refractivity contribution is 5.67. The van der Waals surface area contributed by atoms with Crippen molar-refractivity contribution in [3.63, 3.8) is 0 Å². The third kappa shape index (κ3) is 6.60. The molecule has 0 radical (unpaired) electrons. The standard InChI is InChI=1S/C10H12O/c1-9(2)5-4-6-10(3)7-8-11/h7-8H,1,5H2,2-3H3/b10-7+. The summed E-state index contributed by atoms with van der Waals surface area (Å²) in [7, 11) is 0. The van der Waals surface area contributed by atoms with Crippen LogP contribution in [0.1, 0.15) is 20.3 Å². The van der Waals surface area contributed by atoms with Gasteiger partial charge in [0.25, 0.3) is 0 Å². The normalized spacial score (nSPS) is 9.82. The predicted molar refractivity (Wildman–Crippen MR) is 47.0 cm³/mol. The summed E-state index contributed by atoms with van der Waals surface area (Å²) in [5, 5.41) is 0. The van der Waals surface area contributed by atoms with E-state index in [1.54, 1.807) is 6.92 Å². The van der Waals surface area contributed by atoms with E-state index in [0.29, 0.717) is 6.42 Å². The van der Waals surface area contributed by atoms with Crippen molar-refractivity contribution >= 4 is 6.29 Å². The molecule has 0 aliphatic heterocycles. The minimum atomic E-state index is 0.698. The molecule has 0 aromatic carbocycles. The van der Waals surface area contributed by atoms with Gasteiger partial charge >= 0.3 is 0 Å². The zero-order valence-corrected chi connectivity index (χ0v) is 6.98. The number of rotatable bonds is 2. The van der Waals surface area contributed by atoms with Crippen molar-refractivity contribution in [2.24, 2.45) is 0 Å². The Hall–Kier alpha value is -1.29. The lowest BCUT2D eigenvalue weighted by Crippen LogP contribution is -1.72. The van der Waals surface area contributed by atoms with Crippen molar-refractivity contribution in [2.75, 3.05) is 0 Å². The van der Waals surface area contributed by atoms with Gasteiger partial charge in [-0.1, -0.05) is 24.0 Å². The summed E-state index contributed by atoms with van der Waals surface area (Å²) in [5.74, 6) is 5.73.